The van der Waals surface area contributed by atoms with Gasteiger partial charge in [-0.1, -0.05) is 0 Å². The van der Waals surface area contributed by atoms with Crippen LogP contribution >= 0.6 is 0 Å². The smallest absolute Gasteiger partial charge is 0.210 e. The molecule has 0 aliphatic carbocycles. The van der Waals surface area contributed by atoms with Gasteiger partial charge in [0.25, 0.3) is 0 Å². The molecule has 0 unspecified atom stereocenters. The molecule has 0 radical (unpaired) electrons. The zero-order chi connectivity index (χ0) is 8.78. The summed E-state index contributed by atoms with van der Waals surface area (Å²) in [5.41, 5.74) is 0. The minimum atomic E-state index is -2.54. The first-order valence-corrected chi connectivity index (χ1v) is 3.15. The molecule has 6 heavy (non-hydrogen) atoms. The quantitative estimate of drug-likeness (QED) is 0.465. The molecular formula is C3H10O2S. The second kappa shape index (κ2) is 8.92. The lowest BCUT2D eigenvalue weighted by molar-refractivity contribution is 0.399. The van der Waals surface area contributed by atoms with Crippen molar-refractivity contribution in [3.8, 4) is 0 Å². The van der Waals surface area contributed by atoms with Crippen LogP contribution < -0.4 is 0 Å². The van der Waals surface area contributed by atoms with Crippen molar-refractivity contribution < 1.29 is 13.4 Å². The third-order valence-corrected chi connectivity index (χ3v) is 0. The molecule has 0 saturated carbocycles. The molecule has 2 nitrogen and oxygen atoms in total. The van der Waals surface area contributed by atoms with E-state index in [2.05, 4.69) is 5.11 Å². The highest BCUT2D eigenvalue weighted by Gasteiger charge is 1.57. The van der Waals surface area contributed by atoms with Gasteiger partial charge in [-0.15, -0.1) is 0 Å². The molecule has 0 saturated heterocycles. The fraction of sp³-hybridized carbons (Fsp3) is 1.00. The Morgan fingerprint density at radius 2 is 2.17 bits per heavy atom. The van der Waals surface area contributed by atoms with Crippen LogP contribution in [0.5, 0.6) is 0 Å². The van der Waals surface area contributed by atoms with E-state index < -0.39 is 17.8 Å². The lowest BCUT2D eigenvalue weighted by Gasteiger charge is -1.60. The highest BCUT2D eigenvalue weighted by atomic mass is 32.2. The van der Waals surface area contributed by atoms with Crippen LogP contribution in [0.25, 0.3) is 0 Å². The van der Waals surface area contributed by atoms with E-state index in [1.165, 1.54) is 0 Å². The van der Waals surface area contributed by atoms with Gasteiger partial charge in [-0.3, -0.25) is 4.21 Å². The van der Waals surface area contributed by atoms with Gasteiger partial charge in [0, 0.05) is 30.3 Å². The van der Waals surface area contributed by atoms with Crippen molar-refractivity contribution in [2.24, 2.45) is 0 Å². The lowest BCUT2D eigenvalue weighted by Crippen LogP contribution is -1.70. The molecule has 1 N–H and O–H groups in total. The molecule has 0 aromatic carbocycles. The predicted molar refractivity (Wildman–Crippen MR) is 28.1 cm³/mol. The monoisotopic (exact) mass is 114 g/mol. The Morgan fingerprint density at radius 3 is 2.17 bits per heavy atom. The molecule has 3 heteroatoms. The second-order valence-electron chi connectivity index (χ2n) is 0.742. The number of hydrogen-bond acceptors (Lipinski definition) is 2. The number of aliphatic hydroxyl groups is 1. The van der Waals surface area contributed by atoms with Crippen LogP contribution in [0.15, 0.2) is 0 Å². The average Bonchev–Trinajstić information content (AvgIpc) is 1.63. The third kappa shape index (κ3) is 3290. The van der Waals surface area contributed by atoms with Crippen molar-refractivity contribution in [2.45, 2.75) is 0 Å². The van der Waals surface area contributed by atoms with Crippen LogP contribution in [0.4, 0.5) is 0 Å². The molecule has 0 atom stereocenters. The third-order valence-electron chi connectivity index (χ3n) is 0. The Hall–Kier alpha value is 0.110. The fourth-order valence-corrected chi connectivity index (χ4v) is 0. The predicted octanol–water partition coefficient (Wildman–Crippen LogP) is -0.397. The largest absolute Gasteiger partial charge is 0.400 e. The van der Waals surface area contributed by atoms with Crippen LogP contribution in [-0.2, 0) is 10.8 Å². The van der Waals surface area contributed by atoms with Gasteiger partial charge in [0.2, 0.25) is 1.43 Å². The van der Waals surface area contributed by atoms with Crippen molar-refractivity contribution in [3.63, 3.8) is 0 Å². The molecule has 0 aromatic heterocycles. The summed E-state index contributed by atoms with van der Waals surface area (Å²) in [6, 6.07) is 0. The summed E-state index contributed by atoms with van der Waals surface area (Å²) in [5.74, 6) is 0. The van der Waals surface area contributed by atoms with Gasteiger partial charge in [0.1, 0.15) is 0 Å². The summed E-state index contributed by atoms with van der Waals surface area (Å²) < 4.78 is 33.7. The zero-order valence-corrected chi connectivity index (χ0v) is 4.54. The first kappa shape index (κ1) is 2.43. The van der Waals surface area contributed by atoms with E-state index in [-0.39, 0.29) is 0 Å². The first-order valence-electron chi connectivity index (χ1n) is 3.10. The molecule has 0 heterocycles. The van der Waals surface area contributed by atoms with Crippen LogP contribution in [0, 0.1) is 0 Å². The van der Waals surface area contributed by atoms with Gasteiger partial charge < -0.3 is 5.11 Å². The second-order valence-corrected chi connectivity index (χ2v) is 2.22. The van der Waals surface area contributed by atoms with E-state index in [1.807, 2.05) is 0 Å². The average molecular weight is 114 g/mol. The van der Waals surface area contributed by atoms with Crippen molar-refractivity contribution in [1.82, 2.24) is 0 Å². The van der Waals surface area contributed by atoms with Gasteiger partial charge in [-0.05, 0) is 0 Å². The number of hydrogen-bond donors (Lipinski definition) is 1. The summed E-state index contributed by atoms with van der Waals surface area (Å²) in [6.45, 7) is 0. The van der Waals surface area contributed by atoms with Gasteiger partial charge in [0.15, 0.2) is 0 Å². The minimum absolute atomic E-state index is 0.611. The summed E-state index contributed by atoms with van der Waals surface area (Å²) in [5, 5.41) is 3.19. The molecule has 0 aliphatic rings. The molecular weight excluding hydrogens is 100 g/mol. The minimum Gasteiger partial charge on any atom is -0.400 e. The van der Waals surface area contributed by atoms with Crippen LogP contribution in [0.3, 0.4) is 0 Å². The van der Waals surface area contributed by atoms with Crippen LogP contribution in [0.2, 0.25) is 0 Å². The van der Waals surface area contributed by atoms with Gasteiger partial charge in [0.05, 0.1) is 4.11 Å². The maximum absolute atomic E-state index is 9.56. The molecule has 0 rings (SSSR count). The lowest BCUT2D eigenvalue weighted by atomic mass is 11.8. The Balaban J connectivity index is 0. The SMILES string of the molecule is CS(C)=O.[2H]OC([2H])([2H])[2H]. The molecule has 0 aliphatic heterocycles. The maximum Gasteiger partial charge on any atom is 0.210 e. The van der Waals surface area contributed by atoms with Crippen molar-refractivity contribution >= 4 is 10.8 Å². The first-order chi connectivity index (χ1) is 4.29. The Kier molecular flexibility index (Phi) is 3.61. The van der Waals surface area contributed by atoms with Gasteiger partial charge in [-0.2, -0.15) is 0 Å². The summed E-state index contributed by atoms with van der Waals surface area (Å²) in [6.07, 6.45) is 3.28. The molecule has 0 amide bonds. The molecule has 0 bridgehead atoms. The van der Waals surface area contributed by atoms with E-state index >= 15 is 0 Å². The molecule has 0 aromatic rings. The van der Waals surface area contributed by atoms with Crippen LogP contribution in [-0.4, -0.2) is 30.3 Å². The van der Waals surface area contributed by atoms with Crippen LogP contribution in [0.1, 0.15) is 4.11 Å². The molecule has 0 fully saturated rings. The highest BCUT2D eigenvalue weighted by Crippen LogP contribution is 1.47. The van der Waals surface area contributed by atoms with E-state index in [0.29, 0.717) is 0 Å². The topological polar surface area (TPSA) is 37.3 Å². The zero-order valence-electron chi connectivity index (χ0n) is 7.72. The van der Waals surface area contributed by atoms with Crippen molar-refractivity contribution in [3.05, 3.63) is 0 Å². The van der Waals surface area contributed by atoms with Crippen molar-refractivity contribution in [1.29, 1.82) is 1.43 Å². The summed E-state index contributed by atoms with van der Waals surface area (Å²) in [7, 11) is -3.15. The molecule has 0 spiro atoms. The van der Waals surface area contributed by atoms with E-state index in [9.17, 15) is 4.21 Å². The van der Waals surface area contributed by atoms with E-state index in [0.717, 1.165) is 0 Å². The highest BCUT2D eigenvalue weighted by molar-refractivity contribution is 7.83. The van der Waals surface area contributed by atoms with Crippen molar-refractivity contribution in [2.75, 3.05) is 19.5 Å². The Morgan fingerprint density at radius 1 is 2.00 bits per heavy atom. The fourth-order valence-electron chi connectivity index (χ4n) is 0. The van der Waals surface area contributed by atoms with E-state index in [1.54, 1.807) is 12.5 Å². The van der Waals surface area contributed by atoms with Gasteiger partial charge >= 0.3 is 0 Å². The summed E-state index contributed by atoms with van der Waals surface area (Å²) >= 11 is 0. The van der Waals surface area contributed by atoms with Gasteiger partial charge in [-0.25, -0.2) is 0 Å². The Labute approximate surface area is 46.4 Å². The summed E-state index contributed by atoms with van der Waals surface area (Å²) in [4.78, 5) is 0. The maximum atomic E-state index is 9.56. The van der Waals surface area contributed by atoms with E-state index in [4.69, 9.17) is 5.54 Å². The normalized spacial score (nSPS) is 18.5. The Bertz CT molecular complexity index is 97.2. The standard InChI is InChI=1S/C2H6OS.CH4O/c1-4(2)3;1-2/h1-2H3;2H,1H3/i;1D3,2D. The number of rotatable bonds is 0. The molecule has 40 valence electrons.